The summed E-state index contributed by atoms with van der Waals surface area (Å²) < 4.78 is 6.25. The average molecular weight is 293 g/mol. The van der Waals surface area contributed by atoms with Crippen molar-refractivity contribution in [2.45, 2.75) is 44.3 Å². The van der Waals surface area contributed by atoms with Gasteiger partial charge in [0.25, 0.3) is 0 Å². The third kappa shape index (κ3) is 3.05. The van der Waals surface area contributed by atoms with E-state index in [1.165, 1.54) is 11.8 Å². The van der Waals surface area contributed by atoms with Gasteiger partial charge in [0.1, 0.15) is 6.54 Å². The molecule has 1 saturated heterocycles. The molecule has 1 unspecified atom stereocenters. The summed E-state index contributed by atoms with van der Waals surface area (Å²) in [5.41, 5.74) is 0.835. The fourth-order valence-electron chi connectivity index (χ4n) is 2.58. The van der Waals surface area contributed by atoms with Gasteiger partial charge in [-0.1, -0.05) is 5.21 Å². The number of hydrogen-bond acceptors (Lipinski definition) is 6. The van der Waals surface area contributed by atoms with Gasteiger partial charge in [-0.05, 0) is 32.2 Å². The number of esters is 1. The monoisotopic (exact) mass is 293 g/mol. The van der Waals surface area contributed by atoms with Crippen LogP contribution in [0.3, 0.4) is 0 Å². The molecule has 0 aromatic carbocycles. The van der Waals surface area contributed by atoms with Crippen LogP contribution in [-0.2, 0) is 16.1 Å². The number of methoxy groups -OCH3 is 1. The Kier molecular flexibility index (Phi) is 3.87. The predicted molar refractivity (Wildman–Crippen MR) is 72.5 cm³/mol. The van der Waals surface area contributed by atoms with Crippen LogP contribution in [0.4, 0.5) is 0 Å². The van der Waals surface area contributed by atoms with E-state index in [2.05, 4.69) is 20.9 Å². The van der Waals surface area contributed by atoms with Crippen LogP contribution >= 0.6 is 0 Å². The number of aromatic nitrogens is 3. The molecule has 1 saturated carbocycles. The number of carbonyl (C=O) groups excluding carboxylic acids is 2. The Bertz CT molecular complexity index is 546. The molecular weight excluding hydrogens is 274 g/mol. The van der Waals surface area contributed by atoms with Crippen molar-refractivity contribution < 1.29 is 14.3 Å². The molecule has 2 aliphatic rings. The zero-order chi connectivity index (χ0) is 14.8. The molecule has 0 bridgehead atoms. The SMILES string of the molecule is COC(=O)c1nnn(CC(=O)NC2CC2)c1C1CCCN1. The lowest BCUT2D eigenvalue weighted by molar-refractivity contribution is -0.122. The fourth-order valence-corrected chi connectivity index (χ4v) is 2.58. The van der Waals surface area contributed by atoms with Gasteiger partial charge in [0.05, 0.1) is 18.8 Å². The van der Waals surface area contributed by atoms with Gasteiger partial charge < -0.3 is 15.4 Å². The molecule has 0 radical (unpaired) electrons. The lowest BCUT2D eigenvalue weighted by Crippen LogP contribution is -2.31. The maximum atomic E-state index is 11.9. The minimum absolute atomic E-state index is 0.0113. The van der Waals surface area contributed by atoms with E-state index in [1.807, 2.05) is 0 Å². The summed E-state index contributed by atoms with van der Waals surface area (Å²) in [7, 11) is 1.31. The third-order valence-corrected chi connectivity index (χ3v) is 3.78. The lowest BCUT2D eigenvalue weighted by atomic mass is 10.1. The van der Waals surface area contributed by atoms with Gasteiger partial charge in [0.2, 0.25) is 5.91 Å². The standard InChI is InChI=1S/C13H19N5O3/c1-21-13(20)11-12(9-3-2-6-14-9)18(17-16-11)7-10(19)15-8-4-5-8/h8-9,14H,2-7H2,1H3,(H,15,19). The van der Waals surface area contributed by atoms with Crippen LogP contribution in [-0.4, -0.2) is 46.6 Å². The molecule has 1 aromatic rings. The molecule has 1 aliphatic heterocycles. The summed E-state index contributed by atoms with van der Waals surface area (Å²) in [6.07, 6.45) is 3.98. The van der Waals surface area contributed by atoms with Crippen molar-refractivity contribution in [3.63, 3.8) is 0 Å². The first-order chi connectivity index (χ1) is 10.2. The van der Waals surface area contributed by atoms with Gasteiger partial charge in [0.15, 0.2) is 5.69 Å². The molecule has 2 heterocycles. The van der Waals surface area contributed by atoms with Gasteiger partial charge in [0, 0.05) is 6.04 Å². The van der Waals surface area contributed by atoms with E-state index in [4.69, 9.17) is 4.74 Å². The molecule has 1 amide bonds. The highest BCUT2D eigenvalue weighted by Crippen LogP contribution is 2.25. The highest BCUT2D eigenvalue weighted by molar-refractivity contribution is 5.88. The van der Waals surface area contributed by atoms with E-state index in [0.717, 1.165) is 32.2 Å². The Labute approximate surface area is 122 Å². The highest BCUT2D eigenvalue weighted by atomic mass is 16.5. The molecule has 1 aromatic heterocycles. The van der Waals surface area contributed by atoms with Crippen molar-refractivity contribution in [1.82, 2.24) is 25.6 Å². The minimum Gasteiger partial charge on any atom is -0.464 e. The van der Waals surface area contributed by atoms with Gasteiger partial charge in [-0.2, -0.15) is 0 Å². The van der Waals surface area contributed by atoms with Crippen LogP contribution in [0.2, 0.25) is 0 Å². The topological polar surface area (TPSA) is 98.1 Å². The minimum atomic E-state index is -0.521. The number of rotatable bonds is 5. The number of ether oxygens (including phenoxy) is 1. The second-order valence-electron chi connectivity index (χ2n) is 5.46. The Balaban J connectivity index is 1.82. The summed E-state index contributed by atoms with van der Waals surface area (Å²) in [6.45, 7) is 0.957. The summed E-state index contributed by atoms with van der Waals surface area (Å²) in [4.78, 5) is 23.8. The van der Waals surface area contributed by atoms with Crippen LogP contribution in [0.15, 0.2) is 0 Å². The quantitative estimate of drug-likeness (QED) is 0.728. The summed E-state index contributed by atoms with van der Waals surface area (Å²) in [5, 5.41) is 14.1. The lowest BCUT2D eigenvalue weighted by Gasteiger charge is -2.13. The van der Waals surface area contributed by atoms with Crippen LogP contribution in [0.1, 0.15) is 47.9 Å². The maximum Gasteiger partial charge on any atom is 0.360 e. The van der Waals surface area contributed by atoms with E-state index in [1.54, 1.807) is 0 Å². The van der Waals surface area contributed by atoms with E-state index in [0.29, 0.717) is 11.7 Å². The van der Waals surface area contributed by atoms with Crippen molar-refractivity contribution in [3.8, 4) is 0 Å². The smallest absolute Gasteiger partial charge is 0.360 e. The predicted octanol–water partition coefficient (Wildman–Crippen LogP) is -0.232. The Morgan fingerprint density at radius 1 is 1.43 bits per heavy atom. The Morgan fingerprint density at radius 2 is 2.24 bits per heavy atom. The van der Waals surface area contributed by atoms with Crippen molar-refractivity contribution in [2.24, 2.45) is 0 Å². The first-order valence-corrected chi connectivity index (χ1v) is 7.23. The van der Waals surface area contributed by atoms with Gasteiger partial charge in [-0.25, -0.2) is 9.48 Å². The number of carbonyl (C=O) groups is 2. The molecule has 114 valence electrons. The largest absolute Gasteiger partial charge is 0.464 e. The van der Waals surface area contributed by atoms with Crippen molar-refractivity contribution in [1.29, 1.82) is 0 Å². The van der Waals surface area contributed by atoms with Crippen molar-refractivity contribution in [3.05, 3.63) is 11.4 Å². The number of hydrogen-bond donors (Lipinski definition) is 2. The second kappa shape index (κ2) is 5.80. The third-order valence-electron chi connectivity index (χ3n) is 3.78. The first kappa shape index (κ1) is 14.0. The van der Waals surface area contributed by atoms with Crippen molar-refractivity contribution in [2.75, 3.05) is 13.7 Å². The van der Waals surface area contributed by atoms with E-state index >= 15 is 0 Å². The first-order valence-electron chi connectivity index (χ1n) is 7.23. The fraction of sp³-hybridized carbons (Fsp3) is 0.692. The zero-order valence-corrected chi connectivity index (χ0v) is 12.0. The molecule has 1 aliphatic carbocycles. The highest BCUT2D eigenvalue weighted by Gasteiger charge is 2.30. The summed E-state index contributed by atoms with van der Waals surface area (Å²) in [6, 6.07) is 0.289. The Hall–Kier alpha value is -1.96. The Morgan fingerprint density at radius 3 is 2.86 bits per heavy atom. The van der Waals surface area contributed by atoms with E-state index in [-0.39, 0.29) is 24.2 Å². The van der Waals surface area contributed by atoms with Crippen LogP contribution in [0.25, 0.3) is 0 Å². The van der Waals surface area contributed by atoms with Gasteiger partial charge in [-0.15, -0.1) is 5.10 Å². The summed E-state index contributed by atoms with van der Waals surface area (Å²) >= 11 is 0. The molecule has 2 fully saturated rings. The number of amides is 1. The normalized spacial score (nSPS) is 21.3. The molecule has 8 nitrogen and oxygen atoms in total. The molecule has 3 rings (SSSR count). The summed E-state index contributed by atoms with van der Waals surface area (Å²) in [5.74, 6) is -0.620. The van der Waals surface area contributed by atoms with Crippen molar-refractivity contribution >= 4 is 11.9 Å². The molecule has 21 heavy (non-hydrogen) atoms. The molecule has 2 N–H and O–H groups in total. The number of nitrogens with zero attached hydrogens (tertiary/aromatic N) is 3. The van der Waals surface area contributed by atoms with Crippen LogP contribution < -0.4 is 10.6 Å². The van der Waals surface area contributed by atoms with E-state index < -0.39 is 5.97 Å². The van der Waals surface area contributed by atoms with Gasteiger partial charge in [-0.3, -0.25) is 4.79 Å². The molecule has 0 spiro atoms. The maximum absolute atomic E-state index is 11.9. The van der Waals surface area contributed by atoms with Crippen LogP contribution in [0, 0.1) is 0 Å². The zero-order valence-electron chi connectivity index (χ0n) is 12.0. The molecule has 1 atom stereocenters. The molecule has 8 heteroatoms. The molecular formula is C13H19N5O3. The van der Waals surface area contributed by atoms with Gasteiger partial charge >= 0.3 is 5.97 Å². The second-order valence-corrected chi connectivity index (χ2v) is 5.46. The van der Waals surface area contributed by atoms with Crippen LogP contribution in [0.5, 0.6) is 0 Å². The number of nitrogens with one attached hydrogen (secondary N) is 2. The van der Waals surface area contributed by atoms with E-state index in [9.17, 15) is 9.59 Å². The average Bonchev–Trinajstić information content (AvgIpc) is 2.97.